The average Bonchev–Trinajstić information content (AvgIpc) is 3.18. The van der Waals surface area contributed by atoms with Crippen LogP contribution < -0.4 is 5.73 Å². The van der Waals surface area contributed by atoms with Crippen LogP contribution in [0.15, 0.2) is 30.3 Å². The van der Waals surface area contributed by atoms with Crippen LogP contribution in [0.25, 0.3) is 0 Å². The summed E-state index contributed by atoms with van der Waals surface area (Å²) in [5.41, 5.74) is 5.25. The molecule has 0 aromatic heterocycles. The molecule has 1 saturated carbocycles. The van der Waals surface area contributed by atoms with Crippen molar-refractivity contribution in [2.24, 2.45) is 5.73 Å². The molecular weight excluding hydrogens is 260 g/mol. The second kappa shape index (κ2) is 5.32. The van der Waals surface area contributed by atoms with Gasteiger partial charge in [-0.25, -0.2) is 0 Å². The number of carbonyl (C=O) groups is 3. The second-order valence-corrected chi connectivity index (χ2v) is 4.97. The zero-order chi connectivity index (χ0) is 14.8. The van der Waals surface area contributed by atoms with E-state index in [1.54, 1.807) is 0 Å². The van der Waals surface area contributed by atoms with Crippen LogP contribution in [0.2, 0.25) is 0 Å². The zero-order valence-corrected chi connectivity index (χ0v) is 10.9. The monoisotopic (exact) mass is 276 g/mol. The van der Waals surface area contributed by atoms with Crippen LogP contribution in [-0.2, 0) is 19.8 Å². The molecule has 0 radical (unpaired) electrons. The van der Waals surface area contributed by atoms with Crippen molar-refractivity contribution in [3.63, 3.8) is 0 Å². The van der Waals surface area contributed by atoms with E-state index in [-0.39, 0.29) is 12.5 Å². The van der Waals surface area contributed by atoms with Crippen molar-refractivity contribution in [2.75, 3.05) is 13.1 Å². The molecule has 20 heavy (non-hydrogen) atoms. The lowest BCUT2D eigenvalue weighted by molar-refractivity contribution is -0.146. The lowest BCUT2D eigenvalue weighted by Crippen LogP contribution is -2.46. The van der Waals surface area contributed by atoms with E-state index in [9.17, 15) is 14.4 Å². The summed E-state index contributed by atoms with van der Waals surface area (Å²) >= 11 is 0. The number of nitrogens with zero attached hydrogens (tertiary/aromatic N) is 1. The van der Waals surface area contributed by atoms with E-state index in [0.29, 0.717) is 12.8 Å². The van der Waals surface area contributed by atoms with E-state index in [1.165, 1.54) is 0 Å². The molecule has 6 heteroatoms. The van der Waals surface area contributed by atoms with E-state index >= 15 is 0 Å². The van der Waals surface area contributed by atoms with Crippen LogP contribution in [-0.4, -0.2) is 40.9 Å². The Kier molecular flexibility index (Phi) is 3.74. The van der Waals surface area contributed by atoms with Gasteiger partial charge < -0.3 is 15.7 Å². The molecule has 1 aliphatic carbocycles. The minimum atomic E-state index is -1.16. The van der Waals surface area contributed by atoms with E-state index in [2.05, 4.69) is 0 Å². The average molecular weight is 276 g/mol. The Morgan fingerprint density at radius 1 is 1.15 bits per heavy atom. The molecule has 0 bridgehead atoms. The van der Waals surface area contributed by atoms with Gasteiger partial charge in [-0.3, -0.25) is 14.4 Å². The first kappa shape index (κ1) is 14.0. The third-order valence-corrected chi connectivity index (χ3v) is 3.45. The molecule has 2 rings (SSSR count). The summed E-state index contributed by atoms with van der Waals surface area (Å²) in [6.07, 6.45) is 1.31. The molecule has 0 saturated heterocycles. The van der Waals surface area contributed by atoms with Gasteiger partial charge in [-0.05, 0) is 18.4 Å². The summed E-state index contributed by atoms with van der Waals surface area (Å²) in [6.45, 7) is -0.893. The number of amides is 2. The number of rotatable bonds is 6. The molecule has 0 spiro atoms. The Balaban J connectivity index is 2.23. The first-order valence-corrected chi connectivity index (χ1v) is 6.31. The Hall–Kier alpha value is -2.37. The van der Waals surface area contributed by atoms with Crippen molar-refractivity contribution in [1.82, 2.24) is 4.90 Å². The highest BCUT2D eigenvalue weighted by molar-refractivity contribution is 5.95. The number of hydrogen-bond donors (Lipinski definition) is 2. The van der Waals surface area contributed by atoms with E-state index in [4.69, 9.17) is 10.8 Å². The first-order valence-electron chi connectivity index (χ1n) is 6.31. The smallest absolute Gasteiger partial charge is 0.323 e. The van der Waals surface area contributed by atoms with E-state index < -0.39 is 23.8 Å². The Morgan fingerprint density at radius 3 is 2.20 bits per heavy atom. The van der Waals surface area contributed by atoms with Gasteiger partial charge in [0.05, 0.1) is 12.0 Å². The molecule has 1 aliphatic rings. The molecular formula is C14H16N2O4. The van der Waals surface area contributed by atoms with Gasteiger partial charge in [0.1, 0.15) is 6.54 Å². The number of carbonyl (C=O) groups excluding carboxylic acids is 2. The van der Waals surface area contributed by atoms with Crippen molar-refractivity contribution in [1.29, 1.82) is 0 Å². The van der Waals surface area contributed by atoms with E-state index in [0.717, 1.165) is 10.5 Å². The summed E-state index contributed by atoms with van der Waals surface area (Å²) in [5.74, 6) is -2.23. The maximum Gasteiger partial charge on any atom is 0.323 e. The summed E-state index contributed by atoms with van der Waals surface area (Å²) in [5, 5.41) is 8.86. The van der Waals surface area contributed by atoms with Gasteiger partial charge in [0, 0.05) is 0 Å². The minimum Gasteiger partial charge on any atom is -0.480 e. The summed E-state index contributed by atoms with van der Waals surface area (Å²) < 4.78 is 0. The maximum atomic E-state index is 12.6. The summed E-state index contributed by atoms with van der Waals surface area (Å²) in [6, 6.07) is 9.20. The molecule has 0 unspecified atom stereocenters. The van der Waals surface area contributed by atoms with Crippen LogP contribution in [0.3, 0.4) is 0 Å². The lowest BCUT2D eigenvalue weighted by atomic mass is 9.94. The normalized spacial score (nSPS) is 15.4. The summed E-state index contributed by atoms with van der Waals surface area (Å²) in [4.78, 5) is 35.4. The van der Waals surface area contributed by atoms with Crippen molar-refractivity contribution in [2.45, 2.75) is 18.3 Å². The van der Waals surface area contributed by atoms with Gasteiger partial charge in [0.25, 0.3) is 0 Å². The fourth-order valence-corrected chi connectivity index (χ4v) is 2.36. The quantitative estimate of drug-likeness (QED) is 0.770. The largest absolute Gasteiger partial charge is 0.480 e. The standard InChI is InChI=1S/C14H16N2O4/c15-11(17)8-16(9-12(18)19)13(20)14(6-7-14)10-4-2-1-3-5-10/h1-5H,6-9H2,(H2,15,17)(H,18,19). The lowest BCUT2D eigenvalue weighted by Gasteiger charge is -2.25. The topological polar surface area (TPSA) is 101 Å². The number of primary amides is 1. The van der Waals surface area contributed by atoms with Crippen LogP contribution in [0.5, 0.6) is 0 Å². The highest BCUT2D eigenvalue weighted by Gasteiger charge is 2.53. The van der Waals surface area contributed by atoms with Crippen LogP contribution in [0, 0.1) is 0 Å². The van der Waals surface area contributed by atoms with Crippen LogP contribution in [0.1, 0.15) is 18.4 Å². The van der Waals surface area contributed by atoms with Crippen LogP contribution >= 0.6 is 0 Å². The Morgan fingerprint density at radius 2 is 1.75 bits per heavy atom. The highest BCUT2D eigenvalue weighted by Crippen LogP contribution is 2.49. The van der Waals surface area contributed by atoms with Crippen molar-refractivity contribution in [3.8, 4) is 0 Å². The third-order valence-electron chi connectivity index (χ3n) is 3.45. The van der Waals surface area contributed by atoms with Gasteiger partial charge in [0.2, 0.25) is 11.8 Å². The first-order chi connectivity index (χ1) is 9.45. The van der Waals surface area contributed by atoms with Crippen molar-refractivity contribution in [3.05, 3.63) is 35.9 Å². The fourth-order valence-electron chi connectivity index (χ4n) is 2.36. The van der Waals surface area contributed by atoms with E-state index in [1.807, 2.05) is 30.3 Å². The highest BCUT2D eigenvalue weighted by atomic mass is 16.4. The number of nitrogens with two attached hydrogens (primary N) is 1. The Bertz CT molecular complexity index is 521. The molecule has 106 valence electrons. The molecule has 1 aromatic carbocycles. The maximum absolute atomic E-state index is 12.6. The Labute approximate surface area is 116 Å². The van der Waals surface area contributed by atoms with Crippen LogP contribution in [0.4, 0.5) is 0 Å². The van der Waals surface area contributed by atoms with Gasteiger partial charge >= 0.3 is 5.97 Å². The summed E-state index contributed by atoms with van der Waals surface area (Å²) in [7, 11) is 0. The number of aliphatic carboxylic acids is 1. The molecule has 1 fully saturated rings. The molecule has 2 amide bonds. The van der Waals surface area contributed by atoms with Gasteiger partial charge in [-0.2, -0.15) is 0 Å². The molecule has 0 atom stereocenters. The van der Waals surface area contributed by atoms with Crippen molar-refractivity contribution < 1.29 is 19.5 Å². The zero-order valence-electron chi connectivity index (χ0n) is 10.9. The second-order valence-electron chi connectivity index (χ2n) is 4.97. The SMILES string of the molecule is NC(=O)CN(CC(=O)O)C(=O)C1(c2ccccc2)CC1. The molecule has 0 heterocycles. The van der Waals surface area contributed by atoms with Gasteiger partial charge in [-0.15, -0.1) is 0 Å². The predicted octanol–water partition coefficient (Wildman–Crippen LogP) is 0.117. The molecule has 1 aromatic rings. The third kappa shape index (κ3) is 2.79. The predicted molar refractivity (Wildman–Crippen MR) is 70.8 cm³/mol. The van der Waals surface area contributed by atoms with Crippen molar-refractivity contribution >= 4 is 17.8 Å². The molecule has 3 N–H and O–H groups in total. The number of carboxylic acid groups (broad SMARTS) is 1. The number of carboxylic acids is 1. The van der Waals surface area contributed by atoms with Gasteiger partial charge in [-0.1, -0.05) is 30.3 Å². The number of hydrogen-bond acceptors (Lipinski definition) is 3. The minimum absolute atomic E-state index is 0.343. The van der Waals surface area contributed by atoms with Gasteiger partial charge in [0.15, 0.2) is 0 Å². The fraction of sp³-hybridized carbons (Fsp3) is 0.357. The number of benzene rings is 1. The molecule has 0 aliphatic heterocycles. The molecule has 6 nitrogen and oxygen atoms in total.